The minimum Gasteiger partial charge on any atom is -0.505 e. The van der Waals surface area contributed by atoms with Crippen LogP contribution in [0, 0.1) is 13.8 Å². The van der Waals surface area contributed by atoms with Crippen molar-refractivity contribution in [2.45, 2.75) is 13.8 Å². The van der Waals surface area contributed by atoms with Crippen LogP contribution in [0.3, 0.4) is 0 Å². The highest BCUT2D eigenvalue weighted by Gasteiger charge is 2.04. The first-order chi connectivity index (χ1) is 5.68. The first-order valence-corrected chi connectivity index (χ1v) is 3.96. The van der Waals surface area contributed by atoms with Gasteiger partial charge in [-0.1, -0.05) is 12.1 Å². The normalized spacial score (nSPS) is 10.8. The summed E-state index contributed by atoms with van der Waals surface area (Å²) in [5.74, 6) is 0.362. The molecule has 0 fully saturated rings. The molecule has 0 aliphatic heterocycles. The van der Waals surface area contributed by atoms with Crippen molar-refractivity contribution in [1.82, 2.24) is 4.98 Å². The zero-order valence-corrected chi connectivity index (χ0v) is 7.18. The van der Waals surface area contributed by atoms with Crippen molar-refractivity contribution < 1.29 is 5.11 Å². The lowest BCUT2D eigenvalue weighted by molar-refractivity contribution is 0.476. The molecular weight excluding hydrogens is 150 g/mol. The molecule has 0 saturated carbocycles. The van der Waals surface area contributed by atoms with Crippen molar-refractivity contribution in [2.75, 3.05) is 0 Å². The smallest absolute Gasteiger partial charge is 0.142 e. The summed E-state index contributed by atoms with van der Waals surface area (Å²) < 4.78 is 0. The Balaban J connectivity index is 2.89. The van der Waals surface area contributed by atoms with Crippen molar-refractivity contribution in [2.24, 2.45) is 0 Å². The highest BCUT2D eigenvalue weighted by Crippen LogP contribution is 2.27. The minimum atomic E-state index is 0.362. The summed E-state index contributed by atoms with van der Waals surface area (Å²) in [6.45, 7) is 3.87. The van der Waals surface area contributed by atoms with Gasteiger partial charge in [0.2, 0.25) is 0 Å². The van der Waals surface area contributed by atoms with Gasteiger partial charge in [-0.2, -0.15) is 0 Å². The Morgan fingerprint density at radius 1 is 1.25 bits per heavy atom. The molecule has 0 bridgehead atoms. The van der Waals surface area contributed by atoms with E-state index in [-0.39, 0.29) is 0 Å². The van der Waals surface area contributed by atoms with Crippen molar-refractivity contribution >= 4 is 10.9 Å². The minimum absolute atomic E-state index is 0.362. The summed E-state index contributed by atoms with van der Waals surface area (Å²) in [6, 6.07) is 5.95. The van der Waals surface area contributed by atoms with Gasteiger partial charge in [-0.3, -0.25) is 0 Å². The van der Waals surface area contributed by atoms with Crippen LogP contribution in [0.1, 0.15) is 11.3 Å². The monoisotopic (exact) mass is 161 g/mol. The number of phenolic OH excluding ortho intramolecular Hbond substituents is 1. The molecule has 62 valence electrons. The second-order valence-electron chi connectivity index (χ2n) is 3.15. The molecule has 2 heteroatoms. The standard InChI is InChI=1S/C10H11NO/c1-6-3-4-8-5-7(2)11-9(8)10(6)12/h3-5,11-12H,1-2H3. The first-order valence-electron chi connectivity index (χ1n) is 3.96. The molecule has 0 amide bonds. The summed E-state index contributed by atoms with van der Waals surface area (Å²) in [4.78, 5) is 3.12. The number of aromatic hydroxyl groups is 1. The Hall–Kier alpha value is -1.44. The molecule has 0 atom stereocenters. The number of aryl methyl sites for hydroxylation is 2. The maximum Gasteiger partial charge on any atom is 0.142 e. The van der Waals surface area contributed by atoms with Crippen LogP contribution in [0.2, 0.25) is 0 Å². The molecule has 0 saturated heterocycles. The number of hydrogen-bond donors (Lipinski definition) is 2. The average molecular weight is 161 g/mol. The Bertz CT molecular complexity index is 429. The van der Waals surface area contributed by atoms with E-state index in [2.05, 4.69) is 4.98 Å². The van der Waals surface area contributed by atoms with Gasteiger partial charge in [0.1, 0.15) is 5.75 Å². The third kappa shape index (κ3) is 0.881. The van der Waals surface area contributed by atoms with Gasteiger partial charge in [-0.15, -0.1) is 0 Å². The van der Waals surface area contributed by atoms with Gasteiger partial charge in [0.15, 0.2) is 0 Å². The lowest BCUT2D eigenvalue weighted by atomic mass is 10.1. The van der Waals surface area contributed by atoms with Gasteiger partial charge in [0.25, 0.3) is 0 Å². The second kappa shape index (κ2) is 2.27. The zero-order valence-electron chi connectivity index (χ0n) is 7.18. The van der Waals surface area contributed by atoms with Crippen LogP contribution in [0.4, 0.5) is 0 Å². The van der Waals surface area contributed by atoms with Crippen LogP contribution < -0.4 is 0 Å². The lowest BCUT2D eigenvalue weighted by Crippen LogP contribution is -1.76. The fraction of sp³-hybridized carbons (Fsp3) is 0.200. The molecule has 2 rings (SSSR count). The Kier molecular flexibility index (Phi) is 1.37. The molecule has 2 nitrogen and oxygen atoms in total. The topological polar surface area (TPSA) is 36.0 Å². The van der Waals surface area contributed by atoms with E-state index in [9.17, 15) is 5.11 Å². The second-order valence-corrected chi connectivity index (χ2v) is 3.15. The Morgan fingerprint density at radius 2 is 2.00 bits per heavy atom. The molecule has 2 N–H and O–H groups in total. The van der Waals surface area contributed by atoms with Crippen LogP contribution in [0.15, 0.2) is 18.2 Å². The molecule has 0 spiro atoms. The summed E-state index contributed by atoms with van der Waals surface area (Å²) >= 11 is 0. The lowest BCUT2D eigenvalue weighted by Gasteiger charge is -1.98. The van der Waals surface area contributed by atoms with Crippen LogP contribution in [-0.4, -0.2) is 10.1 Å². The highest BCUT2D eigenvalue weighted by molar-refractivity contribution is 5.86. The van der Waals surface area contributed by atoms with E-state index in [1.54, 1.807) is 0 Å². The largest absolute Gasteiger partial charge is 0.505 e. The maximum absolute atomic E-state index is 9.64. The fourth-order valence-electron chi connectivity index (χ4n) is 1.43. The Morgan fingerprint density at radius 3 is 2.75 bits per heavy atom. The van der Waals surface area contributed by atoms with Gasteiger partial charge < -0.3 is 10.1 Å². The third-order valence-electron chi connectivity index (χ3n) is 2.11. The number of nitrogens with one attached hydrogen (secondary N) is 1. The molecule has 1 aromatic heterocycles. The molecule has 2 aromatic rings. The molecule has 0 aliphatic carbocycles. The summed E-state index contributed by atoms with van der Waals surface area (Å²) in [7, 11) is 0. The van der Waals surface area contributed by atoms with Crippen molar-refractivity contribution in [3.63, 3.8) is 0 Å². The van der Waals surface area contributed by atoms with Gasteiger partial charge in [0, 0.05) is 11.1 Å². The van der Waals surface area contributed by atoms with Gasteiger partial charge in [-0.05, 0) is 25.5 Å². The van der Waals surface area contributed by atoms with Crippen LogP contribution >= 0.6 is 0 Å². The number of aromatic amines is 1. The predicted molar refractivity (Wildman–Crippen MR) is 49.4 cm³/mol. The number of H-pyrrole nitrogens is 1. The van der Waals surface area contributed by atoms with Crippen LogP contribution in [-0.2, 0) is 0 Å². The van der Waals surface area contributed by atoms with E-state index in [1.165, 1.54) is 0 Å². The SMILES string of the molecule is Cc1cc2ccc(C)c(O)c2[nH]1. The summed E-state index contributed by atoms with van der Waals surface area (Å²) in [6.07, 6.45) is 0. The predicted octanol–water partition coefficient (Wildman–Crippen LogP) is 2.49. The van der Waals surface area contributed by atoms with Gasteiger partial charge in [0.05, 0.1) is 5.52 Å². The highest BCUT2D eigenvalue weighted by atomic mass is 16.3. The summed E-state index contributed by atoms with van der Waals surface area (Å²) in [5, 5.41) is 10.7. The van der Waals surface area contributed by atoms with Crippen molar-refractivity contribution in [3.05, 3.63) is 29.5 Å². The van der Waals surface area contributed by atoms with Gasteiger partial charge in [-0.25, -0.2) is 0 Å². The Labute approximate surface area is 70.8 Å². The molecule has 0 radical (unpaired) electrons. The van der Waals surface area contributed by atoms with E-state index >= 15 is 0 Å². The maximum atomic E-state index is 9.64. The van der Waals surface area contributed by atoms with Crippen LogP contribution in [0.25, 0.3) is 10.9 Å². The number of rotatable bonds is 0. The molecule has 12 heavy (non-hydrogen) atoms. The number of fused-ring (bicyclic) bond motifs is 1. The number of aromatic nitrogens is 1. The van der Waals surface area contributed by atoms with E-state index in [0.29, 0.717) is 5.75 Å². The van der Waals surface area contributed by atoms with E-state index in [4.69, 9.17) is 0 Å². The third-order valence-corrected chi connectivity index (χ3v) is 2.11. The summed E-state index contributed by atoms with van der Waals surface area (Å²) in [5.41, 5.74) is 2.82. The molecule has 0 unspecified atom stereocenters. The first kappa shape index (κ1) is 7.22. The van der Waals surface area contributed by atoms with Gasteiger partial charge >= 0.3 is 0 Å². The van der Waals surface area contributed by atoms with Crippen LogP contribution in [0.5, 0.6) is 5.75 Å². The van der Waals surface area contributed by atoms with E-state index in [0.717, 1.165) is 22.2 Å². The molecular formula is C10H11NO. The van der Waals surface area contributed by atoms with E-state index in [1.807, 2.05) is 32.0 Å². The number of phenols is 1. The molecule has 0 aliphatic rings. The van der Waals surface area contributed by atoms with E-state index < -0.39 is 0 Å². The average Bonchev–Trinajstić information content (AvgIpc) is 2.39. The zero-order chi connectivity index (χ0) is 8.72. The number of benzene rings is 1. The van der Waals surface area contributed by atoms with Crippen molar-refractivity contribution in [1.29, 1.82) is 0 Å². The number of hydrogen-bond acceptors (Lipinski definition) is 1. The van der Waals surface area contributed by atoms with Crippen molar-refractivity contribution in [3.8, 4) is 5.75 Å². The molecule has 1 heterocycles. The molecule has 1 aromatic carbocycles. The fourth-order valence-corrected chi connectivity index (χ4v) is 1.43. The quantitative estimate of drug-likeness (QED) is 0.611.